The average molecular weight is 1130 g/mol. The van der Waals surface area contributed by atoms with Crippen LogP contribution in [-0.2, 0) is 5.41 Å². The van der Waals surface area contributed by atoms with Crippen LogP contribution in [0.3, 0.4) is 0 Å². The van der Waals surface area contributed by atoms with Gasteiger partial charge in [0.15, 0.2) is 11.2 Å². The second kappa shape index (κ2) is 19.1. The van der Waals surface area contributed by atoms with E-state index in [2.05, 4.69) is 325 Å². The van der Waals surface area contributed by atoms with Crippen molar-refractivity contribution < 1.29 is 8.83 Å². The van der Waals surface area contributed by atoms with Crippen LogP contribution in [0.2, 0.25) is 0 Å². The molecule has 2 aromatic heterocycles. The quantitative estimate of drug-likeness (QED) is 0.142. The van der Waals surface area contributed by atoms with Crippen LogP contribution in [0.15, 0.2) is 324 Å². The second-order valence-electron chi connectivity index (χ2n) is 23.8. The normalized spacial score (nSPS) is 12.8. The summed E-state index contributed by atoms with van der Waals surface area (Å²) in [6.07, 6.45) is 0. The molecule has 414 valence electrons. The highest BCUT2D eigenvalue weighted by molar-refractivity contribution is 6.20. The molecular formula is C85H52N2O2. The molecule has 0 aliphatic heterocycles. The number of rotatable bonds is 8. The molecule has 0 atom stereocenters. The number of anilines is 6. The molecule has 0 bridgehead atoms. The van der Waals surface area contributed by atoms with Gasteiger partial charge >= 0.3 is 0 Å². The molecule has 18 aromatic rings. The van der Waals surface area contributed by atoms with Crippen LogP contribution in [0.25, 0.3) is 120 Å². The van der Waals surface area contributed by atoms with Gasteiger partial charge in [0.2, 0.25) is 0 Å². The lowest BCUT2D eigenvalue weighted by Crippen LogP contribution is -2.29. The van der Waals surface area contributed by atoms with Gasteiger partial charge in [0, 0.05) is 43.7 Å². The molecule has 0 radical (unpaired) electrons. The predicted octanol–water partition coefficient (Wildman–Crippen LogP) is 23.7. The standard InChI is InChI=1S/C85H52N2O2/c1-3-23-57(24-4-1)85(58-25-5-2-6-26-58)81-63-47-43-59(86(75-37-19-35-73-69-33-15-17-39-79(69)88-83(73)75)77-51-53-21-7-9-27-61(53)65-29-11-13-31-67(65)77)49-55(63)41-45-71(81)72-46-42-56-50-60(44-48-64(56)82(72)85)87(76-38-20-36-74-70-34-16-18-40-80(70)89-84(74)76)78-52-54-22-8-10-28-62(54)66-30-12-14-32-68(66)78/h1-52H. The summed E-state index contributed by atoms with van der Waals surface area (Å²) in [7, 11) is 0. The van der Waals surface area contributed by atoms with E-state index in [9.17, 15) is 0 Å². The minimum atomic E-state index is -0.739. The predicted molar refractivity (Wildman–Crippen MR) is 373 cm³/mol. The number of fused-ring (bicyclic) bond motifs is 19. The topological polar surface area (TPSA) is 32.8 Å². The van der Waals surface area contributed by atoms with Crippen LogP contribution in [0, 0.1) is 0 Å². The molecule has 1 aliphatic carbocycles. The zero-order chi connectivity index (χ0) is 58.3. The molecule has 0 fully saturated rings. The fourth-order valence-corrected chi connectivity index (χ4v) is 15.5. The van der Waals surface area contributed by atoms with Crippen molar-refractivity contribution in [3.63, 3.8) is 0 Å². The Kier molecular flexibility index (Phi) is 10.7. The molecule has 0 unspecified atom stereocenters. The number of para-hydroxylation sites is 4. The Balaban J connectivity index is 0.858. The summed E-state index contributed by atoms with van der Waals surface area (Å²) < 4.78 is 13.9. The number of nitrogens with zero attached hydrogens (tertiary/aromatic N) is 2. The summed E-state index contributed by atoms with van der Waals surface area (Å²) in [5.41, 5.74) is 16.3. The third-order valence-corrected chi connectivity index (χ3v) is 19.2. The minimum absolute atomic E-state index is 0.739. The summed E-state index contributed by atoms with van der Waals surface area (Å²) >= 11 is 0. The van der Waals surface area contributed by atoms with Gasteiger partial charge in [-0.15, -0.1) is 0 Å². The van der Waals surface area contributed by atoms with Crippen LogP contribution in [0.4, 0.5) is 34.1 Å². The molecule has 4 nitrogen and oxygen atoms in total. The van der Waals surface area contributed by atoms with E-state index in [1.165, 1.54) is 76.5 Å². The minimum Gasteiger partial charge on any atom is -0.454 e. The molecule has 0 saturated heterocycles. The maximum absolute atomic E-state index is 6.93. The lowest BCUT2D eigenvalue weighted by molar-refractivity contribution is 0.669. The highest BCUT2D eigenvalue weighted by atomic mass is 16.3. The number of hydrogen-bond donors (Lipinski definition) is 0. The van der Waals surface area contributed by atoms with E-state index in [1.54, 1.807) is 0 Å². The summed E-state index contributed by atoms with van der Waals surface area (Å²) in [6, 6.07) is 116. The Hall–Kier alpha value is -11.7. The summed E-state index contributed by atoms with van der Waals surface area (Å²) in [5, 5.41) is 18.5. The first kappa shape index (κ1) is 49.5. The molecular weight excluding hydrogens is 1080 g/mol. The van der Waals surface area contributed by atoms with Gasteiger partial charge in [-0.2, -0.15) is 0 Å². The molecule has 0 spiro atoms. The van der Waals surface area contributed by atoms with E-state index >= 15 is 0 Å². The summed E-state index contributed by atoms with van der Waals surface area (Å²) in [6.45, 7) is 0. The Morgan fingerprint density at radius 3 is 1.03 bits per heavy atom. The van der Waals surface area contributed by atoms with Gasteiger partial charge in [-0.1, -0.05) is 255 Å². The zero-order valence-corrected chi connectivity index (χ0v) is 48.2. The third-order valence-electron chi connectivity index (χ3n) is 19.2. The Bertz CT molecular complexity index is 5590. The van der Waals surface area contributed by atoms with Crippen molar-refractivity contribution in [1.29, 1.82) is 0 Å². The third kappa shape index (κ3) is 7.17. The van der Waals surface area contributed by atoms with Crippen LogP contribution in [-0.4, -0.2) is 0 Å². The Labute approximate surface area is 512 Å². The molecule has 4 heteroatoms. The van der Waals surface area contributed by atoms with E-state index in [-0.39, 0.29) is 0 Å². The van der Waals surface area contributed by atoms with Gasteiger partial charge in [0.25, 0.3) is 0 Å². The van der Waals surface area contributed by atoms with Gasteiger partial charge in [-0.3, -0.25) is 0 Å². The first-order valence-corrected chi connectivity index (χ1v) is 30.6. The number of hydrogen-bond acceptors (Lipinski definition) is 4. The van der Waals surface area contributed by atoms with E-state index in [0.717, 1.165) is 99.5 Å². The summed E-state index contributed by atoms with van der Waals surface area (Å²) in [5.74, 6) is 0. The first-order valence-electron chi connectivity index (χ1n) is 30.6. The van der Waals surface area contributed by atoms with Crippen molar-refractivity contribution >= 4 is 143 Å². The molecule has 19 rings (SSSR count). The maximum Gasteiger partial charge on any atom is 0.159 e. The molecule has 0 amide bonds. The fourth-order valence-electron chi connectivity index (χ4n) is 15.5. The van der Waals surface area contributed by atoms with Crippen molar-refractivity contribution in [2.24, 2.45) is 0 Å². The monoisotopic (exact) mass is 1130 g/mol. The molecule has 0 saturated carbocycles. The summed E-state index contributed by atoms with van der Waals surface area (Å²) in [4.78, 5) is 4.87. The highest BCUT2D eigenvalue weighted by Gasteiger charge is 2.48. The number of benzene rings is 16. The van der Waals surface area contributed by atoms with Crippen LogP contribution >= 0.6 is 0 Å². The van der Waals surface area contributed by atoms with Gasteiger partial charge in [0.05, 0.1) is 28.2 Å². The van der Waals surface area contributed by atoms with E-state index < -0.39 is 5.41 Å². The van der Waals surface area contributed by atoms with Crippen molar-refractivity contribution in [2.45, 2.75) is 5.41 Å². The fraction of sp³-hybridized carbons (Fsp3) is 0.0118. The molecule has 89 heavy (non-hydrogen) atoms. The van der Waals surface area contributed by atoms with Crippen molar-refractivity contribution in [3.05, 3.63) is 338 Å². The second-order valence-corrected chi connectivity index (χ2v) is 23.8. The van der Waals surface area contributed by atoms with E-state index in [4.69, 9.17) is 8.83 Å². The smallest absolute Gasteiger partial charge is 0.159 e. The zero-order valence-electron chi connectivity index (χ0n) is 48.2. The first-order chi connectivity index (χ1) is 44.2. The van der Waals surface area contributed by atoms with E-state index in [0.29, 0.717) is 0 Å². The lowest BCUT2D eigenvalue weighted by atomic mass is 9.66. The van der Waals surface area contributed by atoms with Crippen LogP contribution in [0.1, 0.15) is 22.3 Å². The van der Waals surface area contributed by atoms with Gasteiger partial charge in [0.1, 0.15) is 11.2 Å². The van der Waals surface area contributed by atoms with Crippen molar-refractivity contribution in [3.8, 4) is 11.1 Å². The average Bonchev–Trinajstić information content (AvgIpc) is 1.56. The lowest BCUT2D eigenvalue weighted by Gasteiger charge is -2.36. The van der Waals surface area contributed by atoms with Crippen LogP contribution in [0.5, 0.6) is 0 Å². The van der Waals surface area contributed by atoms with Gasteiger partial charge < -0.3 is 18.6 Å². The Morgan fingerprint density at radius 2 is 0.584 bits per heavy atom. The Morgan fingerprint density at radius 1 is 0.225 bits per heavy atom. The SMILES string of the molecule is c1ccc(C2(c3ccccc3)c3c(ccc4cc(N(c5cc6ccccc6c6ccccc56)c5cccc6c5oc5ccccc56)ccc34)-c3ccc4cc(N(c5cc6ccccc6c6ccccc56)c5cccc6c5oc5ccccc56)ccc4c32)cc1. The molecule has 16 aromatic carbocycles. The van der Waals surface area contributed by atoms with E-state index in [1.807, 2.05) is 0 Å². The number of furan rings is 2. The largest absolute Gasteiger partial charge is 0.454 e. The highest BCUT2D eigenvalue weighted by Crippen LogP contribution is 2.61. The molecule has 0 N–H and O–H groups in total. The van der Waals surface area contributed by atoms with Crippen LogP contribution < -0.4 is 9.80 Å². The van der Waals surface area contributed by atoms with Gasteiger partial charge in [-0.05, 0) is 148 Å². The molecule has 1 aliphatic rings. The molecule has 2 heterocycles. The van der Waals surface area contributed by atoms with Gasteiger partial charge in [-0.25, -0.2) is 0 Å². The maximum atomic E-state index is 6.93. The van der Waals surface area contributed by atoms with Crippen molar-refractivity contribution in [2.75, 3.05) is 9.80 Å². The van der Waals surface area contributed by atoms with Crippen molar-refractivity contribution in [1.82, 2.24) is 0 Å².